The highest BCUT2D eigenvalue weighted by Crippen LogP contribution is 2.35. The van der Waals surface area contributed by atoms with E-state index in [4.69, 9.17) is 21.6 Å². The van der Waals surface area contributed by atoms with E-state index in [1.165, 1.54) is 28.6 Å². The van der Waals surface area contributed by atoms with Gasteiger partial charge in [-0.15, -0.1) is 0 Å². The lowest BCUT2D eigenvalue weighted by molar-refractivity contribution is 0.248. The molecule has 0 atom stereocenters. The van der Waals surface area contributed by atoms with Crippen LogP contribution in [0, 0.1) is 0 Å². The Balaban J connectivity index is 1.55. The Hall–Kier alpha value is -2.07. The normalized spacial score (nSPS) is 19.3. The van der Waals surface area contributed by atoms with Crippen molar-refractivity contribution in [3.8, 4) is 0 Å². The maximum atomic E-state index is 13.1. The molecule has 0 aromatic heterocycles. The Morgan fingerprint density at radius 3 is 2.16 bits per heavy atom. The Kier molecular flexibility index (Phi) is 5.58. The molecule has 1 spiro atoms. The smallest absolute Gasteiger partial charge is 0.243 e. The molecule has 164 valence electrons. The van der Waals surface area contributed by atoms with Crippen LogP contribution in [0.3, 0.4) is 0 Å². The first-order valence-corrected chi connectivity index (χ1v) is 13.4. The summed E-state index contributed by atoms with van der Waals surface area (Å²) in [7, 11) is -7.32. The van der Waals surface area contributed by atoms with Crippen molar-refractivity contribution in [3.63, 3.8) is 0 Å². The van der Waals surface area contributed by atoms with E-state index in [9.17, 15) is 16.8 Å². The molecule has 0 saturated carbocycles. The van der Waals surface area contributed by atoms with Gasteiger partial charge in [0.05, 0.1) is 21.2 Å². The summed E-state index contributed by atoms with van der Waals surface area (Å²) < 4.78 is 51.2. The Morgan fingerprint density at radius 1 is 0.935 bits per heavy atom. The van der Waals surface area contributed by atoms with Crippen LogP contribution in [-0.2, 0) is 19.9 Å². The van der Waals surface area contributed by atoms with Crippen molar-refractivity contribution in [2.75, 3.05) is 19.3 Å². The first-order valence-electron chi connectivity index (χ1n) is 9.73. The van der Waals surface area contributed by atoms with Crippen molar-refractivity contribution in [3.05, 3.63) is 59.1 Å². The van der Waals surface area contributed by atoms with Crippen LogP contribution in [0.2, 0.25) is 5.02 Å². The number of sulfonamides is 1. The second kappa shape index (κ2) is 7.81. The Morgan fingerprint density at radius 2 is 1.55 bits per heavy atom. The molecule has 0 aliphatic carbocycles. The maximum Gasteiger partial charge on any atom is 0.243 e. The molecule has 4 rings (SSSR count). The van der Waals surface area contributed by atoms with Crippen LogP contribution < -0.4 is 0 Å². The number of sulfone groups is 1. The van der Waals surface area contributed by atoms with Gasteiger partial charge >= 0.3 is 0 Å². The molecule has 31 heavy (non-hydrogen) atoms. The molecule has 7 nitrogen and oxygen atoms in total. The first-order chi connectivity index (χ1) is 14.5. The van der Waals surface area contributed by atoms with Crippen LogP contribution in [0.4, 0.5) is 0 Å². The second-order valence-electron chi connectivity index (χ2n) is 7.80. The number of benzene rings is 2. The van der Waals surface area contributed by atoms with E-state index >= 15 is 0 Å². The summed E-state index contributed by atoms with van der Waals surface area (Å²) in [4.78, 5) is 9.60. The van der Waals surface area contributed by atoms with E-state index in [0.717, 1.165) is 23.2 Å². The van der Waals surface area contributed by atoms with Gasteiger partial charge in [-0.1, -0.05) is 29.8 Å². The largest absolute Gasteiger partial charge is 0.258 e. The van der Waals surface area contributed by atoms with E-state index in [1.807, 2.05) is 19.1 Å². The van der Waals surface area contributed by atoms with Crippen molar-refractivity contribution in [1.29, 1.82) is 0 Å². The molecule has 2 heterocycles. The summed E-state index contributed by atoms with van der Waals surface area (Å²) in [5.74, 6) is 0. The predicted molar refractivity (Wildman–Crippen MR) is 121 cm³/mol. The minimum atomic E-state index is -3.82. The van der Waals surface area contributed by atoms with Crippen molar-refractivity contribution >= 4 is 42.9 Å². The standard InChI is InChI=1S/C21H22ClN3O4S2/c1-15-20(16-6-8-17(22)9-7-16)24-21(23-15)10-12-25(13-11-21)31(28,29)19-5-3-4-18(14-19)30(2,26)27/h3-9,14H,10-13H2,1-2H3. The third-order valence-corrected chi connectivity index (χ3v) is 8.81. The van der Waals surface area contributed by atoms with Crippen LogP contribution in [-0.4, -0.2) is 57.6 Å². The lowest BCUT2D eigenvalue weighted by Gasteiger charge is -2.34. The predicted octanol–water partition coefficient (Wildman–Crippen LogP) is 3.19. The number of rotatable bonds is 4. The van der Waals surface area contributed by atoms with Gasteiger partial charge in [0.2, 0.25) is 10.0 Å². The molecule has 0 amide bonds. The summed E-state index contributed by atoms with van der Waals surface area (Å²) in [6.07, 6.45) is 1.96. The van der Waals surface area contributed by atoms with Crippen molar-refractivity contribution in [2.24, 2.45) is 9.98 Å². The van der Waals surface area contributed by atoms with Crippen molar-refractivity contribution < 1.29 is 16.8 Å². The molecule has 0 radical (unpaired) electrons. The average molecular weight is 480 g/mol. The minimum Gasteiger partial charge on any atom is -0.258 e. The molecule has 0 N–H and O–H groups in total. The van der Waals surface area contributed by atoms with Crippen molar-refractivity contribution in [1.82, 2.24) is 4.31 Å². The van der Waals surface area contributed by atoms with Gasteiger partial charge in [0, 0.05) is 42.8 Å². The maximum absolute atomic E-state index is 13.1. The summed E-state index contributed by atoms with van der Waals surface area (Å²) in [5, 5.41) is 0.644. The highest BCUT2D eigenvalue weighted by Gasteiger charge is 2.41. The van der Waals surface area contributed by atoms with Gasteiger partial charge in [0.25, 0.3) is 0 Å². The molecule has 0 unspecified atom stereocenters. The van der Waals surface area contributed by atoms with E-state index in [0.29, 0.717) is 17.9 Å². The number of piperidine rings is 1. The fourth-order valence-corrected chi connectivity index (χ4v) is 6.24. The molecule has 2 aliphatic rings. The van der Waals surface area contributed by atoms with Gasteiger partial charge in [0.15, 0.2) is 15.5 Å². The van der Waals surface area contributed by atoms with Gasteiger partial charge in [-0.05, 0) is 37.3 Å². The van der Waals surface area contributed by atoms with Crippen LogP contribution in [0.15, 0.2) is 68.3 Å². The van der Waals surface area contributed by atoms with Gasteiger partial charge in [-0.3, -0.25) is 9.98 Å². The Labute approximate surface area is 187 Å². The molecule has 0 bridgehead atoms. The molecule has 2 aromatic rings. The quantitative estimate of drug-likeness (QED) is 0.672. The van der Waals surface area contributed by atoms with E-state index in [1.54, 1.807) is 12.1 Å². The topological polar surface area (TPSA) is 96.2 Å². The lowest BCUT2D eigenvalue weighted by Crippen LogP contribution is -2.44. The van der Waals surface area contributed by atoms with Gasteiger partial charge < -0.3 is 0 Å². The minimum absolute atomic E-state index is 0.0183. The van der Waals surface area contributed by atoms with E-state index < -0.39 is 25.5 Å². The monoisotopic (exact) mass is 479 g/mol. The van der Waals surface area contributed by atoms with Crippen LogP contribution in [0.1, 0.15) is 25.3 Å². The molecular weight excluding hydrogens is 458 g/mol. The van der Waals surface area contributed by atoms with E-state index in [2.05, 4.69) is 0 Å². The zero-order chi connectivity index (χ0) is 22.4. The number of hydrogen-bond donors (Lipinski definition) is 0. The number of aliphatic imine (C=N–C) groups is 2. The zero-order valence-corrected chi connectivity index (χ0v) is 19.5. The van der Waals surface area contributed by atoms with E-state index in [-0.39, 0.29) is 22.9 Å². The fourth-order valence-electron chi connectivity index (χ4n) is 3.88. The van der Waals surface area contributed by atoms with Gasteiger partial charge in [-0.2, -0.15) is 4.31 Å². The second-order valence-corrected chi connectivity index (χ2v) is 12.2. The molecule has 10 heteroatoms. The molecular formula is C21H22ClN3O4S2. The number of halogens is 1. The zero-order valence-electron chi connectivity index (χ0n) is 17.1. The summed E-state index contributed by atoms with van der Waals surface area (Å²) in [6.45, 7) is 2.40. The fraction of sp³-hybridized carbons (Fsp3) is 0.333. The number of nitrogens with zero attached hydrogens (tertiary/aromatic N) is 3. The molecule has 1 fully saturated rings. The summed E-state index contributed by atoms with van der Waals surface area (Å²) in [5.41, 5.74) is 1.88. The SMILES string of the molecule is CC1=NC2(CCN(S(=O)(=O)c3cccc(S(C)(=O)=O)c3)CC2)N=C1c1ccc(Cl)cc1. The Bertz CT molecular complexity index is 1290. The lowest BCUT2D eigenvalue weighted by atomic mass is 10.00. The third-order valence-electron chi connectivity index (χ3n) is 5.55. The third kappa shape index (κ3) is 4.32. The number of hydrogen-bond acceptors (Lipinski definition) is 6. The summed E-state index contributed by atoms with van der Waals surface area (Å²) in [6, 6.07) is 12.9. The summed E-state index contributed by atoms with van der Waals surface area (Å²) >= 11 is 5.97. The molecule has 2 aliphatic heterocycles. The van der Waals surface area contributed by atoms with Gasteiger partial charge in [-0.25, -0.2) is 16.8 Å². The molecule has 1 saturated heterocycles. The first kappa shape index (κ1) is 22.1. The average Bonchev–Trinajstić information content (AvgIpc) is 3.04. The van der Waals surface area contributed by atoms with Crippen LogP contribution in [0.25, 0.3) is 0 Å². The van der Waals surface area contributed by atoms with Crippen LogP contribution in [0.5, 0.6) is 0 Å². The van der Waals surface area contributed by atoms with Crippen LogP contribution >= 0.6 is 11.6 Å². The van der Waals surface area contributed by atoms with Crippen molar-refractivity contribution in [2.45, 2.75) is 35.2 Å². The molecule has 2 aromatic carbocycles. The highest BCUT2D eigenvalue weighted by atomic mass is 35.5. The highest BCUT2D eigenvalue weighted by molar-refractivity contribution is 7.91. The van der Waals surface area contributed by atoms with Gasteiger partial charge in [0.1, 0.15) is 0 Å².